The Hall–Kier alpha value is -2.90. The molecule has 0 radical (unpaired) electrons. The van der Waals surface area contributed by atoms with Crippen molar-refractivity contribution in [1.82, 2.24) is 4.72 Å². The van der Waals surface area contributed by atoms with E-state index in [0.717, 1.165) is 16.3 Å². The van der Waals surface area contributed by atoms with Crippen LogP contribution in [0.4, 0.5) is 5.69 Å². The van der Waals surface area contributed by atoms with Crippen molar-refractivity contribution in [1.29, 1.82) is 0 Å². The van der Waals surface area contributed by atoms with Crippen LogP contribution in [0.3, 0.4) is 0 Å². The number of rotatable bonds is 6. The van der Waals surface area contributed by atoms with Gasteiger partial charge in [-0.1, -0.05) is 42.5 Å². The highest BCUT2D eigenvalue weighted by Crippen LogP contribution is 2.29. The van der Waals surface area contributed by atoms with Gasteiger partial charge in [-0.25, -0.2) is 13.1 Å². The Kier molecular flexibility index (Phi) is 5.67. The van der Waals surface area contributed by atoms with Crippen molar-refractivity contribution in [3.05, 3.63) is 66.2 Å². The fourth-order valence-electron chi connectivity index (χ4n) is 3.13. The van der Waals surface area contributed by atoms with E-state index >= 15 is 0 Å². The maximum atomic E-state index is 12.9. The molecule has 0 aliphatic heterocycles. The fraction of sp³-hybridized carbons (Fsp3) is 0.190. The van der Waals surface area contributed by atoms with Crippen LogP contribution < -0.4 is 14.8 Å². The maximum absolute atomic E-state index is 12.9. The number of fused-ring (bicyclic) bond motifs is 1. The van der Waals surface area contributed by atoms with Crippen LogP contribution in [0.2, 0.25) is 0 Å². The lowest BCUT2D eigenvalue weighted by molar-refractivity contribution is -0.114. The third-order valence-electron chi connectivity index (χ3n) is 4.41. The molecule has 2 N–H and O–H groups in total. The van der Waals surface area contributed by atoms with E-state index in [1.165, 1.54) is 32.2 Å². The van der Waals surface area contributed by atoms with Crippen molar-refractivity contribution in [3.63, 3.8) is 0 Å². The Labute approximate surface area is 164 Å². The second-order valence-corrected chi connectivity index (χ2v) is 8.17. The van der Waals surface area contributed by atoms with Crippen molar-refractivity contribution in [3.8, 4) is 5.75 Å². The molecule has 3 aromatic rings. The van der Waals surface area contributed by atoms with Gasteiger partial charge in [0.05, 0.1) is 17.7 Å². The Morgan fingerprint density at radius 2 is 1.75 bits per heavy atom. The van der Waals surface area contributed by atoms with E-state index in [1.54, 1.807) is 6.92 Å². The van der Waals surface area contributed by atoms with E-state index in [-0.39, 0.29) is 10.8 Å². The van der Waals surface area contributed by atoms with Crippen molar-refractivity contribution in [2.24, 2.45) is 0 Å². The van der Waals surface area contributed by atoms with Gasteiger partial charge in [0, 0.05) is 13.0 Å². The number of ether oxygens (including phenoxy) is 1. The Morgan fingerprint density at radius 3 is 2.46 bits per heavy atom. The Morgan fingerprint density at radius 1 is 1.04 bits per heavy atom. The lowest BCUT2D eigenvalue weighted by atomic mass is 10.0. The number of anilines is 1. The zero-order valence-corrected chi connectivity index (χ0v) is 16.7. The zero-order chi connectivity index (χ0) is 20.3. The molecule has 0 aromatic heterocycles. The molecule has 28 heavy (non-hydrogen) atoms. The van der Waals surface area contributed by atoms with Crippen LogP contribution in [-0.2, 0) is 14.8 Å². The molecule has 146 valence electrons. The summed E-state index contributed by atoms with van der Waals surface area (Å²) in [6, 6.07) is 17.5. The predicted molar refractivity (Wildman–Crippen MR) is 110 cm³/mol. The Bertz CT molecular complexity index is 1120. The summed E-state index contributed by atoms with van der Waals surface area (Å²) in [5, 5.41) is 4.63. The van der Waals surface area contributed by atoms with Crippen LogP contribution in [0.1, 0.15) is 25.5 Å². The first-order chi connectivity index (χ1) is 13.3. The highest BCUT2D eigenvalue weighted by atomic mass is 32.2. The van der Waals surface area contributed by atoms with Crippen LogP contribution in [0, 0.1) is 0 Å². The second kappa shape index (κ2) is 8.00. The summed E-state index contributed by atoms with van der Waals surface area (Å²) >= 11 is 0. The molecule has 1 unspecified atom stereocenters. The van der Waals surface area contributed by atoms with Crippen LogP contribution in [0.15, 0.2) is 65.6 Å². The molecule has 0 saturated heterocycles. The molecule has 3 aromatic carbocycles. The van der Waals surface area contributed by atoms with E-state index < -0.39 is 16.1 Å². The molecule has 0 aliphatic carbocycles. The van der Waals surface area contributed by atoms with Gasteiger partial charge in [-0.15, -0.1) is 0 Å². The van der Waals surface area contributed by atoms with E-state index in [0.29, 0.717) is 11.4 Å². The van der Waals surface area contributed by atoms with Gasteiger partial charge in [0.25, 0.3) is 0 Å². The van der Waals surface area contributed by atoms with Crippen LogP contribution in [0.25, 0.3) is 10.8 Å². The van der Waals surface area contributed by atoms with Crippen LogP contribution in [-0.4, -0.2) is 21.4 Å². The highest BCUT2D eigenvalue weighted by molar-refractivity contribution is 7.89. The largest absolute Gasteiger partial charge is 0.495 e. The molecule has 0 saturated carbocycles. The molecular weight excluding hydrogens is 376 g/mol. The minimum Gasteiger partial charge on any atom is -0.495 e. The van der Waals surface area contributed by atoms with Crippen LogP contribution >= 0.6 is 0 Å². The molecule has 0 aliphatic rings. The fourth-order valence-corrected chi connectivity index (χ4v) is 4.38. The number of hydrogen-bond acceptors (Lipinski definition) is 4. The number of nitrogens with one attached hydrogen (secondary N) is 2. The summed E-state index contributed by atoms with van der Waals surface area (Å²) in [5.41, 5.74) is 1.19. The molecule has 0 spiro atoms. The quantitative estimate of drug-likeness (QED) is 0.661. The first kappa shape index (κ1) is 19.9. The molecule has 1 amide bonds. The van der Waals surface area contributed by atoms with Gasteiger partial charge in [0.2, 0.25) is 15.9 Å². The monoisotopic (exact) mass is 398 g/mol. The normalized spacial score (nSPS) is 12.5. The number of hydrogen-bond donors (Lipinski definition) is 2. The van der Waals surface area contributed by atoms with E-state index in [9.17, 15) is 13.2 Å². The first-order valence-electron chi connectivity index (χ1n) is 8.77. The van der Waals surface area contributed by atoms with Crippen LogP contribution in [0.5, 0.6) is 5.75 Å². The van der Waals surface area contributed by atoms with Gasteiger partial charge in [0.15, 0.2) is 0 Å². The molecule has 0 fully saturated rings. The molecule has 0 bridgehead atoms. The van der Waals surface area contributed by atoms with Gasteiger partial charge >= 0.3 is 0 Å². The summed E-state index contributed by atoms with van der Waals surface area (Å²) in [6.07, 6.45) is 0. The second-order valence-electron chi connectivity index (χ2n) is 6.45. The number of carbonyl (C=O) groups excluding carboxylic acids is 1. The van der Waals surface area contributed by atoms with Gasteiger partial charge in [0.1, 0.15) is 5.75 Å². The Balaban J connectivity index is 1.94. The third kappa shape index (κ3) is 4.16. The standard InChI is InChI=1S/C21H22N2O4S/c1-14(18-10-6-8-16-7-4-5-9-19(16)18)23-28(25,26)17-11-12-21(27-3)20(13-17)22-15(2)24/h4-14,23H,1-3H3,(H,22,24). The average molecular weight is 398 g/mol. The van der Waals surface area contributed by atoms with E-state index in [1.807, 2.05) is 42.5 Å². The zero-order valence-electron chi connectivity index (χ0n) is 15.9. The van der Waals surface area contributed by atoms with Crippen molar-refractivity contribution < 1.29 is 17.9 Å². The van der Waals surface area contributed by atoms with Gasteiger partial charge in [-0.2, -0.15) is 0 Å². The summed E-state index contributed by atoms with van der Waals surface area (Å²) in [6.45, 7) is 3.15. The molecule has 3 rings (SSSR count). The number of amides is 1. The van der Waals surface area contributed by atoms with Crippen molar-refractivity contribution in [2.75, 3.05) is 12.4 Å². The number of carbonyl (C=O) groups is 1. The lowest BCUT2D eigenvalue weighted by Crippen LogP contribution is -2.27. The SMILES string of the molecule is COc1ccc(S(=O)(=O)NC(C)c2cccc3ccccc23)cc1NC(C)=O. The molecule has 6 nitrogen and oxygen atoms in total. The number of methoxy groups -OCH3 is 1. The van der Waals surface area contributed by atoms with Crippen molar-refractivity contribution >= 4 is 32.4 Å². The minimum atomic E-state index is -3.82. The molecule has 1 atom stereocenters. The van der Waals surface area contributed by atoms with E-state index in [2.05, 4.69) is 10.0 Å². The average Bonchev–Trinajstić information content (AvgIpc) is 2.66. The molecule has 0 heterocycles. The van der Waals surface area contributed by atoms with Gasteiger partial charge in [-0.3, -0.25) is 4.79 Å². The number of benzene rings is 3. The minimum absolute atomic E-state index is 0.0455. The topological polar surface area (TPSA) is 84.5 Å². The summed E-state index contributed by atoms with van der Waals surface area (Å²) < 4.78 is 33.8. The summed E-state index contributed by atoms with van der Waals surface area (Å²) in [5.74, 6) is 0.0705. The third-order valence-corrected chi connectivity index (χ3v) is 5.95. The molecule has 7 heteroatoms. The smallest absolute Gasteiger partial charge is 0.241 e. The number of sulfonamides is 1. The van der Waals surface area contributed by atoms with E-state index in [4.69, 9.17) is 4.74 Å². The predicted octanol–water partition coefficient (Wildman–Crippen LogP) is 3.85. The first-order valence-corrected chi connectivity index (χ1v) is 10.3. The van der Waals surface area contributed by atoms with Gasteiger partial charge < -0.3 is 10.1 Å². The lowest BCUT2D eigenvalue weighted by Gasteiger charge is -2.18. The van der Waals surface area contributed by atoms with Gasteiger partial charge in [-0.05, 0) is 41.5 Å². The summed E-state index contributed by atoms with van der Waals surface area (Å²) in [7, 11) is -2.36. The van der Waals surface area contributed by atoms with Crippen molar-refractivity contribution in [2.45, 2.75) is 24.8 Å². The maximum Gasteiger partial charge on any atom is 0.241 e. The highest BCUT2D eigenvalue weighted by Gasteiger charge is 2.21. The molecular formula is C21H22N2O4S. The summed E-state index contributed by atoms with van der Waals surface area (Å²) in [4.78, 5) is 11.4.